The minimum absolute atomic E-state index is 0.175. The molecule has 0 bridgehead atoms. The SMILES string of the molecule is COc1cc(N(C)CCN(C)C)c(N)cc1Nc1ncc2cc(-c3cn[nH]c3)c(=O)n(C)c2n1. The average Bonchev–Trinajstić information content (AvgIpc) is 3.35. The van der Waals surface area contributed by atoms with Crippen LogP contribution < -0.4 is 26.2 Å². The molecular formula is C23H29N9O2. The Morgan fingerprint density at radius 3 is 2.65 bits per heavy atom. The van der Waals surface area contributed by atoms with Crippen LogP contribution in [0.25, 0.3) is 22.2 Å². The minimum atomic E-state index is -0.175. The Hall–Kier alpha value is -4.12. The van der Waals surface area contributed by atoms with Crippen molar-refractivity contribution in [3.8, 4) is 16.9 Å². The highest BCUT2D eigenvalue weighted by molar-refractivity contribution is 5.83. The van der Waals surface area contributed by atoms with Gasteiger partial charge >= 0.3 is 0 Å². The standard InChI is InChI=1S/C23H29N9O2/c1-30(2)6-7-31(3)19-10-20(34-5)18(9-17(19)24)28-23-25-11-14-8-16(15-12-26-27-13-15)22(33)32(4)21(14)29-23/h8-13H,6-7,24H2,1-5H3,(H,26,27)(H,25,28,29). The van der Waals surface area contributed by atoms with Crippen LogP contribution >= 0.6 is 0 Å². The Kier molecular flexibility index (Phi) is 6.37. The molecule has 4 N–H and O–H groups in total. The Morgan fingerprint density at radius 1 is 1.18 bits per heavy atom. The van der Waals surface area contributed by atoms with E-state index in [9.17, 15) is 4.79 Å². The summed E-state index contributed by atoms with van der Waals surface area (Å²) in [6, 6.07) is 5.46. The number of H-pyrrole nitrogens is 1. The Labute approximate surface area is 197 Å². The number of aryl methyl sites for hydroxylation is 1. The molecule has 0 amide bonds. The van der Waals surface area contributed by atoms with Crippen LogP contribution in [0, 0.1) is 0 Å². The number of nitrogens with two attached hydrogens (primary N) is 1. The normalized spacial score (nSPS) is 11.2. The van der Waals surface area contributed by atoms with E-state index in [1.54, 1.807) is 44.9 Å². The van der Waals surface area contributed by atoms with E-state index in [-0.39, 0.29) is 5.56 Å². The predicted octanol–water partition coefficient (Wildman–Crippen LogP) is 2.05. The molecule has 0 saturated carbocycles. The molecule has 0 aliphatic heterocycles. The number of pyridine rings is 1. The molecule has 0 aliphatic carbocycles. The number of fused-ring (bicyclic) bond motifs is 1. The van der Waals surface area contributed by atoms with E-state index in [2.05, 4.69) is 35.3 Å². The van der Waals surface area contributed by atoms with Crippen molar-refractivity contribution in [1.29, 1.82) is 0 Å². The fourth-order valence-corrected chi connectivity index (χ4v) is 3.69. The molecule has 34 heavy (non-hydrogen) atoms. The summed E-state index contributed by atoms with van der Waals surface area (Å²) < 4.78 is 7.10. The number of hydrogen-bond acceptors (Lipinski definition) is 9. The average molecular weight is 464 g/mol. The van der Waals surface area contributed by atoms with Gasteiger partial charge in [0.1, 0.15) is 11.4 Å². The number of nitrogen functional groups attached to an aromatic ring is 1. The van der Waals surface area contributed by atoms with E-state index in [1.807, 2.05) is 27.2 Å². The largest absolute Gasteiger partial charge is 0.494 e. The van der Waals surface area contributed by atoms with E-state index in [0.717, 1.165) is 24.2 Å². The van der Waals surface area contributed by atoms with Gasteiger partial charge in [-0.3, -0.25) is 14.5 Å². The third kappa shape index (κ3) is 4.50. The molecule has 0 spiro atoms. The van der Waals surface area contributed by atoms with Gasteiger partial charge in [0.05, 0.1) is 35.9 Å². The number of ether oxygens (including phenoxy) is 1. The second kappa shape index (κ2) is 9.40. The van der Waals surface area contributed by atoms with Gasteiger partial charge in [0.25, 0.3) is 5.56 Å². The van der Waals surface area contributed by atoms with Gasteiger partial charge in [-0.25, -0.2) is 4.98 Å². The second-order valence-corrected chi connectivity index (χ2v) is 8.34. The molecule has 3 aromatic heterocycles. The molecule has 3 heterocycles. The molecule has 0 atom stereocenters. The highest BCUT2D eigenvalue weighted by Gasteiger charge is 2.15. The number of rotatable bonds is 8. The Balaban J connectivity index is 1.67. The molecule has 1 aromatic carbocycles. The maximum atomic E-state index is 12.9. The van der Waals surface area contributed by atoms with Crippen LogP contribution in [0.5, 0.6) is 5.75 Å². The summed E-state index contributed by atoms with van der Waals surface area (Å²) in [5, 5.41) is 10.6. The number of nitrogens with one attached hydrogen (secondary N) is 2. The number of nitrogens with zero attached hydrogens (tertiary/aromatic N) is 6. The summed E-state index contributed by atoms with van der Waals surface area (Å²) in [5.41, 5.74) is 10.0. The highest BCUT2D eigenvalue weighted by atomic mass is 16.5. The van der Waals surface area contributed by atoms with Crippen molar-refractivity contribution in [2.75, 3.05) is 57.3 Å². The van der Waals surface area contributed by atoms with Crippen molar-refractivity contribution in [3.05, 3.63) is 47.1 Å². The van der Waals surface area contributed by atoms with Crippen LogP contribution in [0.3, 0.4) is 0 Å². The first kappa shape index (κ1) is 23.1. The fraction of sp³-hybridized carbons (Fsp3) is 0.304. The molecule has 11 heteroatoms. The fourth-order valence-electron chi connectivity index (χ4n) is 3.69. The lowest BCUT2D eigenvalue weighted by Crippen LogP contribution is -2.29. The zero-order valence-corrected chi connectivity index (χ0v) is 20.0. The number of aromatic amines is 1. The van der Waals surface area contributed by atoms with E-state index in [4.69, 9.17) is 10.5 Å². The molecule has 178 valence electrons. The first-order chi connectivity index (χ1) is 16.3. The topological polar surface area (TPSA) is 130 Å². The Morgan fingerprint density at radius 2 is 1.97 bits per heavy atom. The Bertz CT molecular complexity index is 1360. The first-order valence-corrected chi connectivity index (χ1v) is 10.7. The van der Waals surface area contributed by atoms with Crippen molar-refractivity contribution in [2.24, 2.45) is 7.05 Å². The van der Waals surface area contributed by atoms with Gasteiger partial charge < -0.3 is 25.6 Å². The quantitative estimate of drug-likeness (QED) is 0.336. The van der Waals surface area contributed by atoms with Crippen LogP contribution in [0.2, 0.25) is 0 Å². The van der Waals surface area contributed by atoms with Crippen LogP contribution in [0.4, 0.5) is 23.0 Å². The third-order valence-electron chi connectivity index (χ3n) is 5.65. The zero-order chi connectivity index (χ0) is 24.4. The third-order valence-corrected chi connectivity index (χ3v) is 5.65. The molecule has 0 unspecified atom stereocenters. The summed E-state index contributed by atoms with van der Waals surface area (Å²) in [6.07, 6.45) is 4.96. The van der Waals surface area contributed by atoms with Crippen LogP contribution in [-0.4, -0.2) is 71.0 Å². The zero-order valence-electron chi connectivity index (χ0n) is 20.0. The van der Waals surface area contributed by atoms with Crippen molar-refractivity contribution < 1.29 is 4.74 Å². The summed E-state index contributed by atoms with van der Waals surface area (Å²) in [7, 11) is 9.34. The van der Waals surface area contributed by atoms with Gasteiger partial charge in [-0.05, 0) is 26.2 Å². The number of anilines is 4. The lowest BCUT2D eigenvalue weighted by molar-refractivity contribution is 0.413. The predicted molar refractivity (Wildman–Crippen MR) is 135 cm³/mol. The summed E-state index contributed by atoms with van der Waals surface area (Å²) in [4.78, 5) is 26.1. The van der Waals surface area contributed by atoms with Crippen LogP contribution in [-0.2, 0) is 7.05 Å². The lowest BCUT2D eigenvalue weighted by atomic mass is 10.1. The summed E-state index contributed by atoms with van der Waals surface area (Å²) >= 11 is 0. The van der Waals surface area contributed by atoms with Gasteiger partial charge in [0.15, 0.2) is 0 Å². The number of hydrogen-bond donors (Lipinski definition) is 3. The molecule has 4 aromatic rings. The first-order valence-electron chi connectivity index (χ1n) is 10.7. The number of aromatic nitrogens is 5. The van der Waals surface area contributed by atoms with Crippen molar-refractivity contribution in [2.45, 2.75) is 0 Å². The molecule has 4 rings (SSSR count). The van der Waals surface area contributed by atoms with E-state index >= 15 is 0 Å². The maximum Gasteiger partial charge on any atom is 0.259 e. The highest BCUT2D eigenvalue weighted by Crippen LogP contribution is 2.36. The molecule has 0 radical (unpaired) electrons. The lowest BCUT2D eigenvalue weighted by Gasteiger charge is -2.24. The molecule has 0 aliphatic rings. The number of benzene rings is 1. The minimum Gasteiger partial charge on any atom is -0.494 e. The van der Waals surface area contributed by atoms with E-state index < -0.39 is 0 Å². The van der Waals surface area contributed by atoms with E-state index in [1.165, 1.54) is 4.57 Å². The maximum absolute atomic E-state index is 12.9. The second-order valence-electron chi connectivity index (χ2n) is 8.34. The summed E-state index contributed by atoms with van der Waals surface area (Å²) in [6.45, 7) is 1.71. The smallest absolute Gasteiger partial charge is 0.259 e. The number of likely N-dealkylation sites (N-methyl/N-ethyl adjacent to an activating group) is 2. The molecule has 0 saturated heterocycles. The molecule has 0 fully saturated rings. The van der Waals surface area contributed by atoms with Crippen molar-refractivity contribution in [3.63, 3.8) is 0 Å². The van der Waals surface area contributed by atoms with Gasteiger partial charge in [-0.1, -0.05) is 0 Å². The van der Waals surface area contributed by atoms with Gasteiger partial charge in [0, 0.05) is 56.6 Å². The van der Waals surface area contributed by atoms with Gasteiger partial charge in [-0.2, -0.15) is 10.1 Å². The molecule has 11 nitrogen and oxygen atoms in total. The van der Waals surface area contributed by atoms with Gasteiger partial charge in [0.2, 0.25) is 5.95 Å². The monoisotopic (exact) mass is 463 g/mol. The van der Waals surface area contributed by atoms with Crippen LogP contribution in [0.15, 0.2) is 41.6 Å². The number of methoxy groups -OCH3 is 1. The van der Waals surface area contributed by atoms with Gasteiger partial charge in [-0.15, -0.1) is 0 Å². The van der Waals surface area contributed by atoms with Crippen molar-refractivity contribution >= 4 is 34.0 Å². The van der Waals surface area contributed by atoms with Crippen LogP contribution in [0.1, 0.15) is 0 Å². The summed E-state index contributed by atoms with van der Waals surface area (Å²) in [5.74, 6) is 0.929. The van der Waals surface area contributed by atoms with Crippen molar-refractivity contribution in [1.82, 2.24) is 29.6 Å². The molecular weight excluding hydrogens is 434 g/mol. The van der Waals surface area contributed by atoms with E-state index in [0.29, 0.717) is 39.8 Å².